The predicted molar refractivity (Wildman–Crippen MR) is 64.5 cm³/mol. The van der Waals surface area contributed by atoms with Gasteiger partial charge in [0.15, 0.2) is 0 Å². The number of hydrogen-bond donors (Lipinski definition) is 1. The molecular weight excluding hydrogens is 256 g/mol. The molecule has 1 fully saturated rings. The molecule has 0 saturated carbocycles. The number of sulfonamides is 1. The highest BCUT2D eigenvalue weighted by molar-refractivity contribution is 7.89. The third-order valence-corrected chi connectivity index (χ3v) is 5.20. The quantitative estimate of drug-likeness (QED) is 0.869. The van der Waals surface area contributed by atoms with E-state index in [9.17, 15) is 13.2 Å². The summed E-state index contributed by atoms with van der Waals surface area (Å²) < 4.78 is 27.5. The molecule has 1 N–H and O–H groups in total. The van der Waals surface area contributed by atoms with Gasteiger partial charge in [0.25, 0.3) is 10.0 Å². The van der Waals surface area contributed by atoms with Gasteiger partial charge < -0.3 is 9.67 Å². The van der Waals surface area contributed by atoms with Crippen LogP contribution in [0.3, 0.4) is 0 Å². The second-order valence-electron chi connectivity index (χ2n) is 4.50. The monoisotopic (exact) mass is 272 g/mol. The fourth-order valence-corrected chi connectivity index (χ4v) is 3.89. The van der Waals surface area contributed by atoms with Crippen molar-refractivity contribution < 1.29 is 18.3 Å². The lowest BCUT2D eigenvalue weighted by atomic mass is 10.0. The average Bonchev–Trinajstić information content (AvgIpc) is 2.76. The molecule has 2 rings (SSSR count). The number of rotatable bonds is 3. The van der Waals surface area contributed by atoms with Gasteiger partial charge in [-0.05, 0) is 25.0 Å². The summed E-state index contributed by atoms with van der Waals surface area (Å²) in [6.45, 7) is 0.445. The molecule has 1 unspecified atom stereocenters. The Bertz CT molecular complexity index is 549. The van der Waals surface area contributed by atoms with Crippen LogP contribution in [-0.4, -0.2) is 41.5 Å². The molecule has 0 spiro atoms. The summed E-state index contributed by atoms with van der Waals surface area (Å²) in [5.74, 6) is -1.53. The number of nitrogens with zero attached hydrogens (tertiary/aromatic N) is 2. The van der Waals surface area contributed by atoms with E-state index in [1.807, 2.05) is 0 Å². The van der Waals surface area contributed by atoms with Crippen LogP contribution in [0, 0.1) is 5.92 Å². The van der Waals surface area contributed by atoms with Crippen molar-refractivity contribution in [2.24, 2.45) is 13.0 Å². The van der Waals surface area contributed by atoms with Gasteiger partial charge in [0.1, 0.15) is 5.03 Å². The molecule has 1 aromatic heterocycles. The summed E-state index contributed by atoms with van der Waals surface area (Å²) >= 11 is 0. The topological polar surface area (TPSA) is 79.6 Å². The van der Waals surface area contributed by atoms with Gasteiger partial charge in [0.2, 0.25) is 0 Å². The van der Waals surface area contributed by atoms with Crippen molar-refractivity contribution in [3.63, 3.8) is 0 Å². The molecule has 1 saturated heterocycles. The van der Waals surface area contributed by atoms with Crippen LogP contribution in [-0.2, 0) is 21.9 Å². The van der Waals surface area contributed by atoms with E-state index in [1.54, 1.807) is 19.3 Å². The number of carboxylic acids is 1. The normalized spacial score (nSPS) is 21.9. The maximum atomic E-state index is 12.3. The van der Waals surface area contributed by atoms with E-state index in [0.29, 0.717) is 19.4 Å². The first-order chi connectivity index (χ1) is 8.43. The van der Waals surface area contributed by atoms with Crippen molar-refractivity contribution in [1.29, 1.82) is 0 Å². The van der Waals surface area contributed by atoms with Gasteiger partial charge in [-0.2, -0.15) is 4.31 Å². The highest BCUT2D eigenvalue weighted by atomic mass is 32.2. The summed E-state index contributed by atoms with van der Waals surface area (Å²) in [4.78, 5) is 11.0. The third kappa shape index (κ3) is 2.28. The number of aromatic nitrogens is 1. The van der Waals surface area contributed by atoms with Crippen molar-refractivity contribution >= 4 is 16.0 Å². The van der Waals surface area contributed by atoms with Crippen LogP contribution in [0.5, 0.6) is 0 Å². The standard InChI is InChI=1S/C11H16N2O4S/c1-12-6-3-5-10(12)18(16,17)13-7-2-4-9(8-13)11(14)15/h3,5-6,9H,2,4,7-8H2,1H3,(H,14,15). The molecule has 0 bridgehead atoms. The van der Waals surface area contributed by atoms with E-state index in [1.165, 1.54) is 14.9 Å². The van der Waals surface area contributed by atoms with Crippen LogP contribution in [0.2, 0.25) is 0 Å². The van der Waals surface area contributed by atoms with Crippen molar-refractivity contribution in [2.45, 2.75) is 17.9 Å². The SMILES string of the molecule is Cn1cccc1S(=O)(=O)N1CCCC(C(=O)O)C1. The highest BCUT2D eigenvalue weighted by Gasteiger charge is 2.34. The van der Waals surface area contributed by atoms with Crippen LogP contribution >= 0.6 is 0 Å². The second kappa shape index (κ2) is 4.74. The maximum Gasteiger partial charge on any atom is 0.307 e. The second-order valence-corrected chi connectivity index (χ2v) is 6.38. The van der Waals surface area contributed by atoms with Gasteiger partial charge in [-0.1, -0.05) is 0 Å². The van der Waals surface area contributed by atoms with Crippen LogP contribution in [0.25, 0.3) is 0 Å². The Hall–Kier alpha value is -1.34. The summed E-state index contributed by atoms with van der Waals surface area (Å²) in [7, 11) is -1.92. The number of hydrogen-bond acceptors (Lipinski definition) is 3. The molecule has 2 heterocycles. The molecule has 100 valence electrons. The third-order valence-electron chi connectivity index (χ3n) is 3.23. The molecular formula is C11H16N2O4S. The van der Waals surface area contributed by atoms with E-state index < -0.39 is 21.9 Å². The maximum absolute atomic E-state index is 12.3. The Morgan fingerprint density at radius 2 is 2.22 bits per heavy atom. The smallest absolute Gasteiger partial charge is 0.307 e. The minimum absolute atomic E-state index is 0.0584. The molecule has 0 amide bonds. The van der Waals surface area contributed by atoms with Crippen LogP contribution in [0.4, 0.5) is 0 Å². The fraction of sp³-hybridized carbons (Fsp3) is 0.545. The van der Waals surface area contributed by atoms with Crippen molar-refractivity contribution in [1.82, 2.24) is 8.87 Å². The zero-order chi connectivity index (χ0) is 13.3. The first-order valence-electron chi connectivity index (χ1n) is 5.77. The Morgan fingerprint density at radius 3 is 2.78 bits per heavy atom. The zero-order valence-electron chi connectivity index (χ0n) is 10.1. The molecule has 1 aliphatic heterocycles. The average molecular weight is 272 g/mol. The summed E-state index contributed by atoms with van der Waals surface area (Å²) in [5.41, 5.74) is 0. The molecule has 0 radical (unpaired) electrons. The summed E-state index contributed by atoms with van der Waals surface area (Å²) in [6, 6.07) is 3.19. The van der Waals surface area contributed by atoms with Gasteiger partial charge >= 0.3 is 5.97 Å². The van der Waals surface area contributed by atoms with Gasteiger partial charge in [-0.25, -0.2) is 8.42 Å². The lowest BCUT2D eigenvalue weighted by Gasteiger charge is -2.29. The minimum Gasteiger partial charge on any atom is -0.481 e. The minimum atomic E-state index is -3.58. The van der Waals surface area contributed by atoms with E-state index in [4.69, 9.17) is 5.11 Å². The first kappa shape index (κ1) is 13.1. The summed E-state index contributed by atoms with van der Waals surface area (Å²) in [6.07, 6.45) is 2.78. The Balaban J connectivity index is 2.26. The number of piperidine rings is 1. The first-order valence-corrected chi connectivity index (χ1v) is 7.21. The Morgan fingerprint density at radius 1 is 1.50 bits per heavy atom. The molecule has 0 aliphatic carbocycles. The molecule has 0 aromatic carbocycles. The zero-order valence-corrected chi connectivity index (χ0v) is 10.9. The number of aryl methyl sites for hydroxylation is 1. The molecule has 7 heteroatoms. The van der Waals surface area contributed by atoms with Crippen molar-refractivity contribution in [3.05, 3.63) is 18.3 Å². The van der Waals surface area contributed by atoms with E-state index in [-0.39, 0.29) is 11.6 Å². The van der Waals surface area contributed by atoms with Gasteiger partial charge in [-0.3, -0.25) is 4.79 Å². The predicted octanol–water partition coefficient (Wildman–Crippen LogP) is 0.510. The van der Waals surface area contributed by atoms with E-state index in [2.05, 4.69) is 0 Å². The van der Waals surface area contributed by atoms with Crippen molar-refractivity contribution in [2.75, 3.05) is 13.1 Å². The van der Waals surface area contributed by atoms with Crippen LogP contribution in [0.1, 0.15) is 12.8 Å². The van der Waals surface area contributed by atoms with Crippen molar-refractivity contribution in [3.8, 4) is 0 Å². The molecule has 1 aromatic rings. The van der Waals surface area contributed by atoms with E-state index >= 15 is 0 Å². The van der Waals surface area contributed by atoms with Crippen LogP contribution < -0.4 is 0 Å². The van der Waals surface area contributed by atoms with Gasteiger partial charge in [0, 0.05) is 26.3 Å². The number of carbonyl (C=O) groups is 1. The largest absolute Gasteiger partial charge is 0.481 e. The van der Waals surface area contributed by atoms with E-state index in [0.717, 1.165) is 0 Å². The molecule has 6 nitrogen and oxygen atoms in total. The Labute approximate surface area is 106 Å². The fourth-order valence-electron chi connectivity index (χ4n) is 2.21. The molecule has 1 atom stereocenters. The number of aliphatic carboxylic acids is 1. The molecule has 1 aliphatic rings. The van der Waals surface area contributed by atoms with Gasteiger partial charge in [-0.15, -0.1) is 0 Å². The lowest BCUT2D eigenvalue weighted by Crippen LogP contribution is -2.42. The highest BCUT2D eigenvalue weighted by Crippen LogP contribution is 2.23. The number of carboxylic acid groups (broad SMARTS) is 1. The Kier molecular flexibility index (Phi) is 3.45. The summed E-state index contributed by atoms with van der Waals surface area (Å²) in [5, 5.41) is 9.18. The lowest BCUT2D eigenvalue weighted by molar-refractivity contribution is -0.142. The molecule has 18 heavy (non-hydrogen) atoms. The van der Waals surface area contributed by atoms with Crippen LogP contribution in [0.15, 0.2) is 23.4 Å². The van der Waals surface area contributed by atoms with Gasteiger partial charge in [0.05, 0.1) is 5.92 Å².